The van der Waals surface area contributed by atoms with Gasteiger partial charge >= 0.3 is 0 Å². The van der Waals surface area contributed by atoms with Gasteiger partial charge in [-0.05, 0) is 24.5 Å². The molecule has 0 aromatic carbocycles. The van der Waals surface area contributed by atoms with E-state index >= 15 is 0 Å². The lowest BCUT2D eigenvalue weighted by atomic mass is 10.0. The number of rotatable bonds is 6. The second-order valence-electron chi connectivity index (χ2n) is 4.81. The minimum Gasteiger partial charge on any atom is -0.327 e. The van der Waals surface area contributed by atoms with Crippen molar-refractivity contribution in [1.29, 1.82) is 0 Å². The maximum absolute atomic E-state index is 13.5. The first-order chi connectivity index (χ1) is 8.76. The summed E-state index contributed by atoms with van der Waals surface area (Å²) >= 11 is 0. The summed E-state index contributed by atoms with van der Waals surface area (Å²) in [6.07, 6.45) is 1.77. The molecule has 0 bridgehead atoms. The fourth-order valence-electron chi connectivity index (χ4n) is 1.49. The van der Waals surface area contributed by atoms with Gasteiger partial charge in [0.05, 0.1) is 0 Å². The van der Waals surface area contributed by atoms with Gasteiger partial charge < -0.3 is 5.73 Å². The molecule has 0 amide bonds. The van der Waals surface area contributed by atoms with E-state index in [1.54, 1.807) is 0 Å². The minimum absolute atomic E-state index is 0.0915. The van der Waals surface area contributed by atoms with E-state index in [9.17, 15) is 12.8 Å². The van der Waals surface area contributed by atoms with Crippen molar-refractivity contribution >= 4 is 10.0 Å². The van der Waals surface area contributed by atoms with Gasteiger partial charge in [0.1, 0.15) is 0 Å². The highest BCUT2D eigenvalue weighted by Crippen LogP contribution is 2.16. The van der Waals surface area contributed by atoms with E-state index in [-0.39, 0.29) is 18.5 Å². The zero-order valence-corrected chi connectivity index (χ0v) is 12.2. The van der Waals surface area contributed by atoms with Gasteiger partial charge in [-0.1, -0.05) is 13.8 Å². The third-order valence-electron chi connectivity index (χ3n) is 3.01. The molecule has 2 N–H and O–H groups in total. The highest BCUT2D eigenvalue weighted by molar-refractivity contribution is 7.89. The van der Waals surface area contributed by atoms with Crippen LogP contribution in [0.25, 0.3) is 0 Å². The number of hydrogen-bond acceptors (Lipinski definition) is 4. The van der Waals surface area contributed by atoms with Crippen molar-refractivity contribution < 1.29 is 12.8 Å². The second-order valence-corrected chi connectivity index (χ2v) is 6.77. The number of sulfonamides is 1. The Hall–Kier alpha value is -1.05. The van der Waals surface area contributed by atoms with Crippen LogP contribution < -0.4 is 5.73 Å². The maximum atomic E-state index is 13.5. The van der Waals surface area contributed by atoms with Crippen LogP contribution in [0.3, 0.4) is 0 Å². The van der Waals surface area contributed by atoms with Crippen LogP contribution in [0.5, 0.6) is 0 Å². The molecule has 0 aliphatic heterocycles. The molecule has 0 saturated heterocycles. The van der Waals surface area contributed by atoms with Gasteiger partial charge in [0.15, 0.2) is 5.82 Å². The van der Waals surface area contributed by atoms with Crippen LogP contribution in [0.2, 0.25) is 0 Å². The van der Waals surface area contributed by atoms with Crippen molar-refractivity contribution in [3.63, 3.8) is 0 Å². The normalized spacial score (nSPS) is 14.1. The Morgan fingerprint density at radius 1 is 1.47 bits per heavy atom. The van der Waals surface area contributed by atoms with Gasteiger partial charge in [0.2, 0.25) is 5.03 Å². The Morgan fingerprint density at radius 3 is 2.63 bits per heavy atom. The Kier molecular flexibility index (Phi) is 5.39. The third-order valence-corrected chi connectivity index (χ3v) is 4.81. The molecular formula is C12H20FN3O2S. The average molecular weight is 289 g/mol. The number of pyridine rings is 1. The molecule has 1 rings (SSSR count). The van der Waals surface area contributed by atoms with Crippen molar-refractivity contribution in [3.05, 3.63) is 24.1 Å². The molecule has 1 unspecified atom stereocenters. The number of aromatic nitrogens is 1. The van der Waals surface area contributed by atoms with E-state index in [1.165, 1.54) is 19.3 Å². The molecule has 108 valence electrons. The Labute approximate surface area is 113 Å². The molecule has 0 fully saturated rings. The van der Waals surface area contributed by atoms with E-state index in [4.69, 9.17) is 5.73 Å². The molecular weight excluding hydrogens is 269 g/mol. The lowest BCUT2D eigenvalue weighted by Crippen LogP contribution is -2.35. The first-order valence-corrected chi connectivity index (χ1v) is 7.53. The van der Waals surface area contributed by atoms with Crippen LogP contribution in [0.1, 0.15) is 20.3 Å². The highest BCUT2D eigenvalue weighted by Gasteiger charge is 2.26. The molecule has 19 heavy (non-hydrogen) atoms. The molecule has 0 saturated carbocycles. The molecule has 0 aliphatic rings. The van der Waals surface area contributed by atoms with Crippen molar-refractivity contribution in [3.8, 4) is 0 Å². The Balaban J connectivity index is 2.81. The summed E-state index contributed by atoms with van der Waals surface area (Å²) in [6.45, 7) is 4.17. The first-order valence-electron chi connectivity index (χ1n) is 6.09. The van der Waals surface area contributed by atoms with Crippen molar-refractivity contribution in [2.24, 2.45) is 11.7 Å². The van der Waals surface area contributed by atoms with Gasteiger partial charge in [-0.2, -0.15) is 4.31 Å². The van der Waals surface area contributed by atoms with E-state index < -0.39 is 20.9 Å². The average Bonchev–Trinajstić information content (AvgIpc) is 2.35. The summed E-state index contributed by atoms with van der Waals surface area (Å²) in [5.74, 6) is -0.579. The van der Waals surface area contributed by atoms with E-state index in [1.807, 2.05) is 13.8 Å². The molecule has 0 aliphatic carbocycles. The zero-order valence-electron chi connectivity index (χ0n) is 11.4. The van der Waals surface area contributed by atoms with E-state index in [2.05, 4.69) is 4.98 Å². The van der Waals surface area contributed by atoms with Gasteiger partial charge in [0, 0.05) is 25.8 Å². The quantitative estimate of drug-likeness (QED) is 0.854. The summed E-state index contributed by atoms with van der Waals surface area (Å²) in [5.41, 5.74) is 5.87. The number of hydrogen-bond donors (Lipinski definition) is 1. The Bertz CT molecular complexity index is 519. The minimum atomic E-state index is -3.90. The molecule has 0 spiro atoms. The maximum Gasteiger partial charge on any atom is 0.263 e. The van der Waals surface area contributed by atoms with Crippen LogP contribution in [-0.2, 0) is 10.0 Å². The van der Waals surface area contributed by atoms with Crippen LogP contribution >= 0.6 is 0 Å². The molecule has 7 heteroatoms. The smallest absolute Gasteiger partial charge is 0.263 e. The standard InChI is InChI=1S/C12H20FN3O2S/c1-9(2)11(14)6-8-16(3)19(17,18)12-10(13)5-4-7-15-12/h4-5,7,9,11H,6,8,14H2,1-3H3. The van der Waals surface area contributed by atoms with Gasteiger partial charge in [-0.25, -0.2) is 17.8 Å². The van der Waals surface area contributed by atoms with Gasteiger partial charge in [-0.15, -0.1) is 0 Å². The fraction of sp³-hybridized carbons (Fsp3) is 0.583. The summed E-state index contributed by atoms with van der Waals surface area (Å²) < 4.78 is 38.8. The molecule has 0 radical (unpaired) electrons. The summed E-state index contributed by atoms with van der Waals surface area (Å²) in [4.78, 5) is 3.60. The molecule has 1 aromatic rings. The fourth-order valence-corrected chi connectivity index (χ4v) is 2.64. The lowest BCUT2D eigenvalue weighted by Gasteiger charge is -2.21. The molecule has 1 heterocycles. The van der Waals surface area contributed by atoms with Crippen molar-refractivity contribution in [1.82, 2.24) is 9.29 Å². The predicted molar refractivity (Wildman–Crippen MR) is 71.4 cm³/mol. The highest BCUT2D eigenvalue weighted by atomic mass is 32.2. The lowest BCUT2D eigenvalue weighted by molar-refractivity contribution is 0.394. The SMILES string of the molecule is CC(C)C(N)CCN(C)S(=O)(=O)c1ncccc1F. The second kappa shape index (κ2) is 6.40. The van der Waals surface area contributed by atoms with Gasteiger partial charge in [0.25, 0.3) is 10.0 Å². The Morgan fingerprint density at radius 2 is 2.11 bits per heavy atom. The summed E-state index contributed by atoms with van der Waals surface area (Å²) in [6, 6.07) is 2.34. The van der Waals surface area contributed by atoms with Crippen molar-refractivity contribution in [2.45, 2.75) is 31.3 Å². The van der Waals surface area contributed by atoms with Crippen LogP contribution in [-0.4, -0.2) is 37.3 Å². The molecule has 1 atom stereocenters. The van der Waals surface area contributed by atoms with Crippen LogP contribution in [0.15, 0.2) is 23.4 Å². The van der Waals surface area contributed by atoms with Gasteiger partial charge in [-0.3, -0.25) is 0 Å². The zero-order chi connectivity index (χ0) is 14.6. The number of nitrogens with two attached hydrogens (primary N) is 1. The van der Waals surface area contributed by atoms with E-state index in [0.717, 1.165) is 10.4 Å². The number of halogens is 1. The predicted octanol–water partition coefficient (Wildman–Crippen LogP) is 1.21. The molecule has 5 nitrogen and oxygen atoms in total. The monoisotopic (exact) mass is 289 g/mol. The first kappa shape index (κ1) is 16.0. The third kappa shape index (κ3) is 3.95. The van der Waals surface area contributed by atoms with Crippen molar-refractivity contribution in [2.75, 3.05) is 13.6 Å². The van der Waals surface area contributed by atoms with Crippen LogP contribution in [0.4, 0.5) is 4.39 Å². The summed E-state index contributed by atoms with van der Waals surface area (Å²) in [5, 5.41) is -0.546. The van der Waals surface area contributed by atoms with Crippen LogP contribution in [0, 0.1) is 11.7 Å². The summed E-state index contributed by atoms with van der Waals surface area (Å²) in [7, 11) is -2.50. The molecule has 1 aromatic heterocycles. The topological polar surface area (TPSA) is 76.3 Å². The largest absolute Gasteiger partial charge is 0.327 e. The van der Waals surface area contributed by atoms with E-state index in [0.29, 0.717) is 6.42 Å². The number of nitrogens with zero attached hydrogens (tertiary/aromatic N) is 2.